The molecule has 0 saturated carbocycles. The molecule has 1 N–H and O–H groups in total. The van der Waals surface area contributed by atoms with Gasteiger partial charge in [0, 0.05) is 11.1 Å². The van der Waals surface area contributed by atoms with Crippen LogP contribution in [0.3, 0.4) is 0 Å². The first-order valence-corrected chi connectivity index (χ1v) is 6.34. The van der Waals surface area contributed by atoms with Crippen molar-refractivity contribution in [2.75, 3.05) is 0 Å². The van der Waals surface area contributed by atoms with Crippen LogP contribution in [0.2, 0.25) is 0 Å². The zero-order chi connectivity index (χ0) is 14.3. The molecule has 0 spiro atoms. The molecule has 2 heteroatoms. The zero-order valence-electron chi connectivity index (χ0n) is 12.5. The molecule has 1 aromatic carbocycles. The van der Waals surface area contributed by atoms with E-state index in [0.29, 0.717) is 5.56 Å². The summed E-state index contributed by atoms with van der Waals surface area (Å²) in [6.07, 6.45) is 0. The Kier molecular flexibility index (Phi) is 3.62. The van der Waals surface area contributed by atoms with Crippen LogP contribution < -0.4 is 0 Å². The molecule has 100 valence electrons. The normalized spacial score (nSPS) is 12.6. The van der Waals surface area contributed by atoms with Gasteiger partial charge in [0.25, 0.3) is 0 Å². The fraction of sp³-hybridized carbons (Fsp3) is 0.562. The maximum atomic E-state index is 11.8. The first kappa shape index (κ1) is 14.7. The van der Waals surface area contributed by atoms with Crippen LogP contribution in [0.5, 0.6) is 5.75 Å². The van der Waals surface area contributed by atoms with E-state index in [0.717, 1.165) is 11.1 Å². The van der Waals surface area contributed by atoms with Crippen LogP contribution in [0.1, 0.15) is 70.0 Å². The van der Waals surface area contributed by atoms with Crippen LogP contribution >= 0.6 is 0 Å². The van der Waals surface area contributed by atoms with E-state index in [9.17, 15) is 9.90 Å². The Hall–Kier alpha value is -1.31. The van der Waals surface area contributed by atoms with E-state index in [2.05, 4.69) is 41.5 Å². The van der Waals surface area contributed by atoms with Crippen molar-refractivity contribution >= 4 is 5.78 Å². The Balaban J connectivity index is 3.79. The second-order valence-corrected chi connectivity index (χ2v) is 6.94. The molecule has 0 saturated heterocycles. The number of Topliss-reactive ketones (excluding diaryl/α,β-unsaturated/α-hetero) is 1. The van der Waals surface area contributed by atoms with Gasteiger partial charge in [-0.1, -0.05) is 41.5 Å². The summed E-state index contributed by atoms with van der Waals surface area (Å²) in [5, 5.41) is 10.2. The van der Waals surface area contributed by atoms with Gasteiger partial charge in [-0.25, -0.2) is 0 Å². The molecule has 0 aliphatic carbocycles. The van der Waals surface area contributed by atoms with Crippen molar-refractivity contribution < 1.29 is 9.90 Å². The lowest BCUT2D eigenvalue weighted by atomic mass is 9.72. The molecule has 0 radical (unpaired) electrons. The molecule has 0 heterocycles. The highest BCUT2D eigenvalue weighted by molar-refractivity contribution is 5.96. The maximum Gasteiger partial charge on any atom is 0.160 e. The molecule has 18 heavy (non-hydrogen) atoms. The van der Waals surface area contributed by atoms with Gasteiger partial charge in [-0.3, -0.25) is 4.79 Å². The third-order valence-electron chi connectivity index (χ3n) is 3.06. The Labute approximate surface area is 110 Å². The fourth-order valence-corrected chi connectivity index (χ4v) is 2.42. The molecule has 0 unspecified atom stereocenters. The SMILES string of the molecule is CC(=O)c1ccc(O)c(C(C)(C)C)c1C(C)(C)C. The number of hydrogen-bond donors (Lipinski definition) is 1. The van der Waals surface area contributed by atoms with E-state index in [1.54, 1.807) is 19.1 Å². The summed E-state index contributed by atoms with van der Waals surface area (Å²) >= 11 is 0. The minimum absolute atomic E-state index is 0.0467. The van der Waals surface area contributed by atoms with E-state index in [1.807, 2.05) is 0 Å². The Morgan fingerprint density at radius 2 is 1.39 bits per heavy atom. The average molecular weight is 248 g/mol. The summed E-state index contributed by atoms with van der Waals surface area (Å²) < 4.78 is 0. The smallest absolute Gasteiger partial charge is 0.160 e. The van der Waals surface area contributed by atoms with Crippen molar-refractivity contribution in [3.63, 3.8) is 0 Å². The molecule has 0 aliphatic heterocycles. The summed E-state index contributed by atoms with van der Waals surface area (Å²) in [5.74, 6) is 0.322. The topological polar surface area (TPSA) is 37.3 Å². The van der Waals surface area contributed by atoms with Gasteiger partial charge in [0.15, 0.2) is 5.78 Å². The standard InChI is InChI=1S/C16H24O2/c1-10(17)11-8-9-12(18)14(16(5,6)7)13(11)15(2,3)4/h8-9,18H,1-7H3. The maximum absolute atomic E-state index is 11.8. The fourth-order valence-electron chi connectivity index (χ4n) is 2.42. The highest BCUT2D eigenvalue weighted by Gasteiger charge is 2.31. The van der Waals surface area contributed by atoms with Gasteiger partial charge in [0.2, 0.25) is 0 Å². The van der Waals surface area contributed by atoms with Crippen LogP contribution in [0.4, 0.5) is 0 Å². The first-order valence-electron chi connectivity index (χ1n) is 6.34. The number of phenolic OH excluding ortho intramolecular Hbond substituents is 1. The predicted octanol–water partition coefficient (Wildman–Crippen LogP) is 4.19. The highest BCUT2D eigenvalue weighted by atomic mass is 16.3. The molecular weight excluding hydrogens is 224 g/mol. The molecule has 0 bridgehead atoms. The summed E-state index contributed by atoms with van der Waals surface area (Å²) in [5.41, 5.74) is 2.18. The number of hydrogen-bond acceptors (Lipinski definition) is 2. The molecule has 1 aromatic rings. The average Bonchev–Trinajstić information content (AvgIpc) is 2.13. The second-order valence-electron chi connectivity index (χ2n) is 6.94. The van der Waals surface area contributed by atoms with Crippen LogP contribution in [-0.2, 0) is 10.8 Å². The quantitative estimate of drug-likeness (QED) is 0.757. The van der Waals surface area contributed by atoms with Gasteiger partial charge >= 0.3 is 0 Å². The van der Waals surface area contributed by atoms with Gasteiger partial charge in [-0.15, -0.1) is 0 Å². The molecule has 0 aromatic heterocycles. The highest BCUT2D eigenvalue weighted by Crippen LogP contribution is 2.41. The predicted molar refractivity (Wildman–Crippen MR) is 75.5 cm³/mol. The van der Waals surface area contributed by atoms with Gasteiger partial charge < -0.3 is 5.11 Å². The third-order valence-corrected chi connectivity index (χ3v) is 3.06. The minimum atomic E-state index is -0.196. The number of carbonyl (C=O) groups excluding carboxylic acids is 1. The number of aromatic hydroxyl groups is 1. The van der Waals surface area contributed by atoms with Crippen molar-refractivity contribution in [3.8, 4) is 5.75 Å². The van der Waals surface area contributed by atoms with Gasteiger partial charge in [-0.2, -0.15) is 0 Å². The summed E-state index contributed by atoms with van der Waals surface area (Å²) in [6.45, 7) is 14.0. The van der Waals surface area contributed by atoms with Gasteiger partial charge in [0.1, 0.15) is 5.75 Å². The molecule has 0 atom stereocenters. The van der Waals surface area contributed by atoms with E-state index in [4.69, 9.17) is 0 Å². The molecular formula is C16H24O2. The summed E-state index contributed by atoms with van der Waals surface area (Å²) in [4.78, 5) is 11.8. The van der Waals surface area contributed by atoms with Gasteiger partial charge in [-0.05, 0) is 35.4 Å². The number of phenols is 1. The monoisotopic (exact) mass is 248 g/mol. The van der Waals surface area contributed by atoms with Crippen molar-refractivity contribution in [1.82, 2.24) is 0 Å². The van der Waals surface area contributed by atoms with Crippen molar-refractivity contribution in [2.45, 2.75) is 59.3 Å². The second kappa shape index (κ2) is 4.42. The lowest BCUT2D eigenvalue weighted by Crippen LogP contribution is -2.25. The van der Waals surface area contributed by atoms with Crippen molar-refractivity contribution in [3.05, 3.63) is 28.8 Å². The largest absolute Gasteiger partial charge is 0.508 e. The molecule has 0 amide bonds. The molecule has 1 rings (SSSR count). The van der Waals surface area contributed by atoms with Crippen molar-refractivity contribution in [2.24, 2.45) is 0 Å². The summed E-state index contributed by atoms with van der Waals surface area (Å²) in [7, 11) is 0. The zero-order valence-corrected chi connectivity index (χ0v) is 12.5. The van der Waals surface area contributed by atoms with Crippen molar-refractivity contribution in [1.29, 1.82) is 0 Å². The van der Waals surface area contributed by atoms with Crippen LogP contribution in [0.25, 0.3) is 0 Å². The molecule has 0 fully saturated rings. The Morgan fingerprint density at radius 1 is 0.944 bits per heavy atom. The molecule has 0 aliphatic rings. The number of ketones is 1. The van der Waals surface area contributed by atoms with E-state index in [-0.39, 0.29) is 22.4 Å². The Morgan fingerprint density at radius 3 is 1.72 bits per heavy atom. The Bertz CT molecular complexity index is 471. The van der Waals surface area contributed by atoms with E-state index >= 15 is 0 Å². The lowest BCUT2D eigenvalue weighted by molar-refractivity contribution is 0.101. The van der Waals surface area contributed by atoms with E-state index < -0.39 is 0 Å². The van der Waals surface area contributed by atoms with Gasteiger partial charge in [0.05, 0.1) is 0 Å². The number of benzene rings is 1. The lowest BCUT2D eigenvalue weighted by Gasteiger charge is -2.32. The third kappa shape index (κ3) is 2.74. The van der Waals surface area contributed by atoms with Crippen LogP contribution in [0, 0.1) is 0 Å². The van der Waals surface area contributed by atoms with Crippen LogP contribution in [0.15, 0.2) is 12.1 Å². The minimum Gasteiger partial charge on any atom is -0.508 e. The van der Waals surface area contributed by atoms with E-state index in [1.165, 1.54) is 0 Å². The number of rotatable bonds is 1. The number of carbonyl (C=O) groups is 1. The first-order chi connectivity index (χ1) is 7.96. The summed E-state index contributed by atoms with van der Waals surface area (Å²) in [6, 6.07) is 3.36. The van der Waals surface area contributed by atoms with Crippen LogP contribution in [-0.4, -0.2) is 10.9 Å². The molecule has 2 nitrogen and oxygen atoms in total.